The Bertz CT molecular complexity index is 866. The zero-order valence-corrected chi connectivity index (χ0v) is 16.4. The molecule has 26 heavy (non-hydrogen) atoms. The molecule has 0 bridgehead atoms. The molecule has 1 N–H and O–H groups in total. The number of nitrogens with zero attached hydrogens (tertiary/aromatic N) is 3. The first-order chi connectivity index (χ1) is 12.4. The Morgan fingerprint density at radius 1 is 1.15 bits per heavy atom. The summed E-state index contributed by atoms with van der Waals surface area (Å²) in [7, 11) is -3.69. The van der Waals surface area contributed by atoms with Crippen LogP contribution in [0.25, 0.3) is 0 Å². The molecule has 7 heteroatoms. The van der Waals surface area contributed by atoms with E-state index >= 15 is 0 Å². The normalized spacial score (nSPS) is 18.0. The molecule has 0 aliphatic carbocycles. The van der Waals surface area contributed by atoms with Gasteiger partial charge < -0.3 is 4.90 Å². The molecular weight excluding hydrogens is 348 g/mol. The van der Waals surface area contributed by atoms with Crippen LogP contribution in [0.5, 0.6) is 0 Å². The Labute approximate surface area is 155 Å². The van der Waals surface area contributed by atoms with E-state index in [0.717, 1.165) is 30.8 Å². The lowest BCUT2D eigenvalue weighted by molar-refractivity contribution is 0.445. The number of benzene rings is 1. The van der Waals surface area contributed by atoms with E-state index in [4.69, 9.17) is 0 Å². The van der Waals surface area contributed by atoms with Crippen LogP contribution < -0.4 is 9.62 Å². The summed E-state index contributed by atoms with van der Waals surface area (Å²) in [6, 6.07) is 9.38. The van der Waals surface area contributed by atoms with Gasteiger partial charge >= 0.3 is 0 Å². The topological polar surface area (TPSA) is 75.2 Å². The molecule has 6 nitrogen and oxygen atoms in total. The first-order valence-electron chi connectivity index (χ1n) is 9.11. The van der Waals surface area contributed by atoms with E-state index in [0.29, 0.717) is 11.6 Å². The fraction of sp³-hybridized carbons (Fsp3) is 0.474. The highest BCUT2D eigenvalue weighted by Crippen LogP contribution is 2.25. The molecule has 1 atom stereocenters. The summed E-state index contributed by atoms with van der Waals surface area (Å²) >= 11 is 0. The van der Waals surface area contributed by atoms with Crippen molar-refractivity contribution in [3.63, 3.8) is 0 Å². The van der Waals surface area contributed by atoms with E-state index in [1.807, 2.05) is 19.1 Å². The fourth-order valence-electron chi connectivity index (χ4n) is 3.45. The average molecular weight is 375 g/mol. The van der Waals surface area contributed by atoms with Crippen LogP contribution in [-0.2, 0) is 10.0 Å². The van der Waals surface area contributed by atoms with Gasteiger partial charge in [0.05, 0.1) is 4.90 Å². The minimum atomic E-state index is -3.69. The van der Waals surface area contributed by atoms with Crippen molar-refractivity contribution in [1.29, 1.82) is 0 Å². The van der Waals surface area contributed by atoms with Crippen LogP contribution in [0.1, 0.15) is 43.7 Å². The summed E-state index contributed by atoms with van der Waals surface area (Å²) < 4.78 is 27.9. The predicted octanol–water partition coefficient (Wildman–Crippen LogP) is 3.66. The van der Waals surface area contributed by atoms with E-state index in [2.05, 4.69) is 26.7 Å². The molecule has 140 valence electrons. The third-order valence-corrected chi connectivity index (χ3v) is 6.41. The molecule has 1 fully saturated rings. The summed E-state index contributed by atoms with van der Waals surface area (Å²) in [5.41, 5.74) is 1.60. The van der Waals surface area contributed by atoms with Gasteiger partial charge in [-0.15, -0.1) is 10.2 Å². The SMILES string of the molecule is CCC1CCCCN1c1ccc(NS(=O)(=O)c2cc(C)ccc2C)nn1. The monoisotopic (exact) mass is 374 g/mol. The lowest BCUT2D eigenvalue weighted by Crippen LogP contribution is -2.39. The van der Waals surface area contributed by atoms with Gasteiger partial charge in [-0.1, -0.05) is 19.1 Å². The molecule has 1 aliphatic rings. The van der Waals surface area contributed by atoms with E-state index in [1.165, 1.54) is 12.8 Å². The summed E-state index contributed by atoms with van der Waals surface area (Å²) in [6.07, 6.45) is 4.64. The van der Waals surface area contributed by atoms with Gasteiger partial charge in [0, 0.05) is 12.6 Å². The summed E-state index contributed by atoms with van der Waals surface area (Å²) in [4.78, 5) is 2.55. The van der Waals surface area contributed by atoms with Crippen LogP contribution in [0.2, 0.25) is 0 Å². The Balaban J connectivity index is 1.79. The van der Waals surface area contributed by atoms with Crippen molar-refractivity contribution < 1.29 is 8.42 Å². The number of sulfonamides is 1. The third-order valence-electron chi connectivity index (χ3n) is 4.92. The van der Waals surface area contributed by atoms with Crippen molar-refractivity contribution in [2.24, 2.45) is 0 Å². The number of piperidine rings is 1. The second-order valence-corrected chi connectivity index (χ2v) is 8.55. The zero-order valence-electron chi connectivity index (χ0n) is 15.6. The van der Waals surface area contributed by atoms with Gasteiger partial charge in [-0.05, 0) is 68.9 Å². The van der Waals surface area contributed by atoms with Crippen molar-refractivity contribution in [1.82, 2.24) is 10.2 Å². The van der Waals surface area contributed by atoms with Crippen molar-refractivity contribution in [3.8, 4) is 0 Å². The smallest absolute Gasteiger partial charge is 0.263 e. The minimum absolute atomic E-state index is 0.236. The zero-order chi connectivity index (χ0) is 18.7. The van der Waals surface area contributed by atoms with Crippen molar-refractivity contribution in [2.45, 2.75) is 57.4 Å². The van der Waals surface area contributed by atoms with Crippen LogP contribution >= 0.6 is 0 Å². The lowest BCUT2D eigenvalue weighted by Gasteiger charge is -2.35. The van der Waals surface area contributed by atoms with Gasteiger partial charge in [-0.2, -0.15) is 0 Å². The number of aromatic nitrogens is 2. The van der Waals surface area contributed by atoms with Crippen molar-refractivity contribution in [2.75, 3.05) is 16.2 Å². The highest BCUT2D eigenvalue weighted by Gasteiger charge is 2.23. The van der Waals surface area contributed by atoms with Gasteiger partial charge in [0.25, 0.3) is 10.0 Å². The van der Waals surface area contributed by atoms with Gasteiger partial charge in [-0.3, -0.25) is 4.72 Å². The molecule has 0 radical (unpaired) electrons. The van der Waals surface area contributed by atoms with E-state index < -0.39 is 10.0 Å². The van der Waals surface area contributed by atoms with E-state index in [-0.39, 0.29) is 10.7 Å². The first kappa shape index (κ1) is 18.6. The summed E-state index contributed by atoms with van der Waals surface area (Å²) in [6.45, 7) is 6.81. The highest BCUT2D eigenvalue weighted by atomic mass is 32.2. The molecule has 0 amide bonds. The average Bonchev–Trinajstić information content (AvgIpc) is 2.64. The largest absolute Gasteiger partial charge is 0.352 e. The molecule has 0 spiro atoms. The van der Waals surface area contributed by atoms with E-state index in [1.54, 1.807) is 25.1 Å². The van der Waals surface area contributed by atoms with Gasteiger partial charge in [0.1, 0.15) is 0 Å². The third kappa shape index (κ3) is 3.98. The van der Waals surface area contributed by atoms with Crippen molar-refractivity contribution in [3.05, 3.63) is 41.5 Å². The number of hydrogen-bond acceptors (Lipinski definition) is 5. The Kier molecular flexibility index (Phi) is 5.46. The van der Waals surface area contributed by atoms with Crippen LogP contribution in [0.15, 0.2) is 35.2 Å². The number of hydrogen-bond donors (Lipinski definition) is 1. The lowest BCUT2D eigenvalue weighted by atomic mass is 10.0. The van der Waals surface area contributed by atoms with Gasteiger partial charge in [0.2, 0.25) is 0 Å². The number of anilines is 2. The standard InChI is InChI=1S/C19H26N4O2S/c1-4-16-7-5-6-12-23(16)19-11-10-18(20-21-19)22-26(24,25)17-13-14(2)8-9-15(17)3/h8-11,13,16H,4-7,12H2,1-3H3,(H,20,22). The summed E-state index contributed by atoms with van der Waals surface area (Å²) in [5, 5.41) is 8.37. The number of rotatable bonds is 5. The Hall–Kier alpha value is -2.15. The van der Waals surface area contributed by atoms with E-state index in [9.17, 15) is 8.42 Å². The van der Waals surface area contributed by atoms with Gasteiger partial charge in [-0.25, -0.2) is 8.42 Å². The maximum absolute atomic E-state index is 12.7. The molecular formula is C19H26N4O2S. The van der Waals surface area contributed by atoms with Crippen LogP contribution in [0.3, 0.4) is 0 Å². The van der Waals surface area contributed by atoms with Crippen molar-refractivity contribution >= 4 is 21.7 Å². The van der Waals surface area contributed by atoms with Crippen LogP contribution in [-0.4, -0.2) is 31.2 Å². The van der Waals surface area contributed by atoms with Crippen LogP contribution in [0.4, 0.5) is 11.6 Å². The van der Waals surface area contributed by atoms with Gasteiger partial charge in [0.15, 0.2) is 11.6 Å². The summed E-state index contributed by atoms with van der Waals surface area (Å²) in [5.74, 6) is 1.05. The Morgan fingerprint density at radius 3 is 2.65 bits per heavy atom. The minimum Gasteiger partial charge on any atom is -0.352 e. The molecule has 2 aromatic rings. The maximum Gasteiger partial charge on any atom is 0.263 e. The second-order valence-electron chi connectivity index (χ2n) is 6.90. The molecule has 2 heterocycles. The Morgan fingerprint density at radius 2 is 1.96 bits per heavy atom. The number of aryl methyl sites for hydroxylation is 2. The molecule has 1 unspecified atom stereocenters. The molecule has 0 saturated carbocycles. The maximum atomic E-state index is 12.7. The quantitative estimate of drug-likeness (QED) is 0.864. The van der Waals surface area contributed by atoms with Crippen LogP contribution in [0, 0.1) is 13.8 Å². The molecule has 1 aromatic carbocycles. The first-order valence-corrected chi connectivity index (χ1v) is 10.6. The highest BCUT2D eigenvalue weighted by molar-refractivity contribution is 7.92. The predicted molar refractivity (Wildman–Crippen MR) is 104 cm³/mol. The number of nitrogens with one attached hydrogen (secondary N) is 1. The molecule has 3 rings (SSSR count). The molecule has 1 aliphatic heterocycles. The fourth-order valence-corrected chi connectivity index (χ4v) is 4.78. The molecule has 1 aromatic heterocycles. The second kappa shape index (κ2) is 7.61. The molecule has 1 saturated heterocycles.